The molecule has 0 aliphatic carbocycles. The van der Waals surface area contributed by atoms with Gasteiger partial charge in [0.25, 0.3) is 0 Å². The molecular weight excluding hydrogens is 959 g/mol. The molecule has 0 aliphatic rings. The fourth-order valence-electron chi connectivity index (χ4n) is 11.6. The van der Waals surface area contributed by atoms with Gasteiger partial charge in [-0.1, -0.05) is 379 Å². The highest BCUT2D eigenvalue weighted by molar-refractivity contribution is 5.76. The van der Waals surface area contributed by atoms with Crippen molar-refractivity contribution in [2.24, 2.45) is 0 Å². The van der Waals surface area contributed by atoms with E-state index in [9.17, 15) is 19.8 Å². The van der Waals surface area contributed by atoms with E-state index in [0.717, 1.165) is 38.5 Å². The van der Waals surface area contributed by atoms with Crippen LogP contribution < -0.4 is 5.32 Å². The highest BCUT2D eigenvalue weighted by Crippen LogP contribution is 2.19. The molecule has 0 spiro atoms. The number of amides is 1. The van der Waals surface area contributed by atoms with Gasteiger partial charge in [-0.2, -0.15) is 0 Å². The number of esters is 1. The van der Waals surface area contributed by atoms with Crippen LogP contribution in [0.15, 0.2) is 12.2 Å². The monoisotopic (exact) mass is 1100 g/mol. The summed E-state index contributed by atoms with van der Waals surface area (Å²) in [6, 6.07) is -0.625. The van der Waals surface area contributed by atoms with E-state index in [4.69, 9.17) is 4.74 Å². The summed E-state index contributed by atoms with van der Waals surface area (Å²) in [5, 5.41) is 23.2. The number of nitrogens with one attached hydrogen (secondary N) is 1. The molecule has 0 rings (SSSR count). The molecular formula is C72H141NO5. The van der Waals surface area contributed by atoms with Crippen molar-refractivity contribution in [1.29, 1.82) is 0 Å². The second kappa shape index (κ2) is 68.1. The lowest BCUT2D eigenvalue weighted by molar-refractivity contribution is -0.143. The quantitative estimate of drug-likeness (QED) is 0.0320. The molecule has 2 atom stereocenters. The van der Waals surface area contributed by atoms with Crippen molar-refractivity contribution in [3.8, 4) is 0 Å². The lowest BCUT2D eigenvalue weighted by Crippen LogP contribution is -2.45. The highest BCUT2D eigenvalue weighted by Gasteiger charge is 2.18. The molecule has 3 N–H and O–H groups in total. The van der Waals surface area contributed by atoms with Crippen LogP contribution >= 0.6 is 0 Å². The molecule has 0 aromatic heterocycles. The van der Waals surface area contributed by atoms with Gasteiger partial charge in [-0.05, 0) is 32.1 Å². The summed E-state index contributed by atoms with van der Waals surface area (Å²) in [6.07, 6.45) is 84.4. The zero-order chi connectivity index (χ0) is 56.4. The van der Waals surface area contributed by atoms with Crippen molar-refractivity contribution in [1.82, 2.24) is 5.32 Å². The number of aliphatic hydroxyl groups is 2. The predicted molar refractivity (Wildman–Crippen MR) is 343 cm³/mol. The van der Waals surface area contributed by atoms with Gasteiger partial charge in [0, 0.05) is 12.8 Å². The Balaban J connectivity index is 3.33. The van der Waals surface area contributed by atoms with Gasteiger partial charge in [-0.15, -0.1) is 0 Å². The lowest BCUT2D eigenvalue weighted by Gasteiger charge is -2.20. The Hall–Kier alpha value is -1.40. The van der Waals surface area contributed by atoms with Crippen LogP contribution in [0.4, 0.5) is 0 Å². The number of hydrogen-bond acceptors (Lipinski definition) is 5. The fraction of sp³-hybridized carbons (Fsp3) is 0.944. The van der Waals surface area contributed by atoms with Gasteiger partial charge >= 0.3 is 5.97 Å². The van der Waals surface area contributed by atoms with Gasteiger partial charge < -0.3 is 20.3 Å². The van der Waals surface area contributed by atoms with Crippen molar-refractivity contribution < 1.29 is 24.5 Å². The largest absolute Gasteiger partial charge is 0.466 e. The minimum Gasteiger partial charge on any atom is -0.466 e. The first-order valence-electron chi connectivity index (χ1n) is 36.0. The van der Waals surface area contributed by atoms with E-state index in [-0.39, 0.29) is 18.5 Å². The maximum Gasteiger partial charge on any atom is 0.305 e. The first-order chi connectivity index (χ1) is 38.5. The van der Waals surface area contributed by atoms with E-state index >= 15 is 0 Å². The maximum absolute atomic E-state index is 12.5. The molecule has 0 aromatic rings. The third-order valence-electron chi connectivity index (χ3n) is 17.1. The van der Waals surface area contributed by atoms with Crippen LogP contribution in [-0.4, -0.2) is 47.4 Å². The van der Waals surface area contributed by atoms with Crippen LogP contribution in [0, 0.1) is 0 Å². The zero-order valence-electron chi connectivity index (χ0n) is 53.2. The Kier molecular flexibility index (Phi) is 66.9. The van der Waals surface area contributed by atoms with Crippen LogP contribution in [-0.2, 0) is 14.3 Å². The summed E-state index contributed by atoms with van der Waals surface area (Å²) in [5.41, 5.74) is 0. The van der Waals surface area contributed by atoms with E-state index < -0.39 is 12.1 Å². The highest BCUT2D eigenvalue weighted by atomic mass is 16.5. The molecule has 0 heterocycles. The summed E-state index contributed by atoms with van der Waals surface area (Å²) >= 11 is 0. The molecule has 464 valence electrons. The summed E-state index contributed by atoms with van der Waals surface area (Å²) in [7, 11) is 0. The van der Waals surface area contributed by atoms with Gasteiger partial charge in [-0.3, -0.25) is 9.59 Å². The molecule has 0 aliphatic heterocycles. The molecule has 0 radical (unpaired) electrons. The SMILES string of the molecule is CCCCCCCCCCCCCCC/C=C/C(O)C(CO)NC(=O)CCCCCCCCCCCCCCCCCCCCCCCCCCCCCOC(=O)CCCCCCCCCCCCCCCCCCCCC. The van der Waals surface area contributed by atoms with Gasteiger partial charge in [0.1, 0.15) is 0 Å². The topological polar surface area (TPSA) is 95.9 Å². The van der Waals surface area contributed by atoms with Crippen molar-refractivity contribution in [2.75, 3.05) is 13.2 Å². The smallest absolute Gasteiger partial charge is 0.305 e. The Bertz CT molecular complexity index is 1180. The Morgan fingerprint density at radius 2 is 0.590 bits per heavy atom. The van der Waals surface area contributed by atoms with E-state index in [2.05, 4.69) is 19.2 Å². The molecule has 0 saturated heterocycles. The molecule has 2 unspecified atom stereocenters. The summed E-state index contributed by atoms with van der Waals surface area (Å²) in [4.78, 5) is 24.6. The third-order valence-corrected chi connectivity index (χ3v) is 17.1. The second-order valence-electron chi connectivity index (χ2n) is 24.9. The average molecular weight is 1100 g/mol. The van der Waals surface area contributed by atoms with Gasteiger partial charge in [0.05, 0.1) is 25.4 Å². The standard InChI is InChI=1S/C72H141NO5/c1-3-5-7-9-11-13-15-17-19-20-30-34-38-42-46-50-54-58-62-66-72(77)78-67-63-59-55-51-47-43-39-35-32-29-27-25-23-21-22-24-26-28-31-33-37-41-45-49-53-57-61-65-71(76)73-69(68-74)70(75)64-60-56-52-48-44-40-36-18-16-14-12-10-8-6-4-2/h60,64,69-70,74-75H,3-59,61-63,65-68H2,1-2H3,(H,73,76)/b64-60+. The Morgan fingerprint density at radius 1 is 0.346 bits per heavy atom. The number of aliphatic hydroxyl groups excluding tert-OH is 2. The number of carbonyl (C=O) groups is 2. The maximum atomic E-state index is 12.5. The minimum atomic E-state index is -0.842. The van der Waals surface area contributed by atoms with Gasteiger partial charge in [0.2, 0.25) is 5.91 Å². The Morgan fingerprint density at radius 3 is 0.872 bits per heavy atom. The molecule has 0 aromatic carbocycles. The number of ether oxygens (including phenoxy) is 1. The molecule has 6 heteroatoms. The first kappa shape index (κ1) is 76.6. The van der Waals surface area contributed by atoms with E-state index in [1.54, 1.807) is 6.08 Å². The molecule has 78 heavy (non-hydrogen) atoms. The van der Waals surface area contributed by atoms with Crippen LogP contribution in [0.5, 0.6) is 0 Å². The minimum absolute atomic E-state index is 0.0235. The van der Waals surface area contributed by atoms with E-state index in [0.29, 0.717) is 19.4 Å². The van der Waals surface area contributed by atoms with Crippen molar-refractivity contribution in [3.63, 3.8) is 0 Å². The third kappa shape index (κ3) is 63.8. The van der Waals surface area contributed by atoms with E-state index in [1.165, 1.54) is 347 Å². The zero-order valence-corrected chi connectivity index (χ0v) is 53.2. The van der Waals surface area contributed by atoms with Crippen molar-refractivity contribution >= 4 is 11.9 Å². The number of carbonyl (C=O) groups excluding carboxylic acids is 2. The predicted octanol–water partition coefficient (Wildman–Crippen LogP) is 23.1. The molecule has 6 nitrogen and oxygen atoms in total. The summed E-state index contributed by atoms with van der Waals surface area (Å²) < 4.78 is 5.52. The number of hydrogen-bond donors (Lipinski definition) is 3. The molecule has 1 amide bonds. The van der Waals surface area contributed by atoms with Crippen molar-refractivity contribution in [3.05, 3.63) is 12.2 Å². The van der Waals surface area contributed by atoms with E-state index in [1.807, 2.05) is 6.08 Å². The second-order valence-corrected chi connectivity index (χ2v) is 24.9. The van der Waals surface area contributed by atoms with Crippen LogP contribution in [0.2, 0.25) is 0 Å². The normalized spacial score (nSPS) is 12.5. The van der Waals surface area contributed by atoms with Crippen LogP contribution in [0.1, 0.15) is 412 Å². The Labute approximate surface area is 489 Å². The van der Waals surface area contributed by atoms with Crippen LogP contribution in [0.25, 0.3) is 0 Å². The lowest BCUT2D eigenvalue weighted by atomic mass is 10.0. The first-order valence-corrected chi connectivity index (χ1v) is 36.0. The fourth-order valence-corrected chi connectivity index (χ4v) is 11.6. The van der Waals surface area contributed by atoms with Gasteiger partial charge in [-0.25, -0.2) is 0 Å². The van der Waals surface area contributed by atoms with Crippen LogP contribution in [0.3, 0.4) is 0 Å². The number of rotatable bonds is 68. The number of unbranched alkanes of at least 4 members (excludes halogenated alkanes) is 57. The molecule has 0 fully saturated rings. The summed E-state index contributed by atoms with van der Waals surface area (Å²) in [5.74, 6) is -0.0387. The van der Waals surface area contributed by atoms with Crippen molar-refractivity contribution in [2.45, 2.75) is 424 Å². The summed E-state index contributed by atoms with van der Waals surface area (Å²) in [6.45, 7) is 4.95. The molecule has 0 bridgehead atoms. The van der Waals surface area contributed by atoms with Gasteiger partial charge in [0.15, 0.2) is 0 Å². The average Bonchev–Trinajstić information content (AvgIpc) is 3.44. The number of allylic oxidation sites excluding steroid dienone is 1. The molecule has 0 saturated carbocycles.